The van der Waals surface area contributed by atoms with Gasteiger partial charge in [-0.3, -0.25) is 0 Å². The summed E-state index contributed by atoms with van der Waals surface area (Å²) in [5.74, 6) is 0.741. The summed E-state index contributed by atoms with van der Waals surface area (Å²) < 4.78 is 5.17. The zero-order chi connectivity index (χ0) is 12.4. The van der Waals surface area contributed by atoms with Gasteiger partial charge in [0, 0.05) is 28.2 Å². The van der Waals surface area contributed by atoms with E-state index in [0.29, 0.717) is 17.1 Å². The minimum atomic E-state index is 0.602. The monoisotopic (exact) mass is 229 g/mol. The zero-order valence-electron chi connectivity index (χ0n) is 9.60. The summed E-state index contributed by atoms with van der Waals surface area (Å²) in [5, 5.41) is 0. The lowest BCUT2D eigenvalue weighted by molar-refractivity contribution is 0.415. The summed E-state index contributed by atoms with van der Waals surface area (Å²) >= 11 is 0. The maximum Gasteiger partial charge on any atom is 0.119 e. The van der Waals surface area contributed by atoms with Crippen LogP contribution in [-0.2, 0) is 0 Å². The van der Waals surface area contributed by atoms with Crippen LogP contribution < -0.4 is 21.9 Å². The molecule has 4 nitrogen and oxygen atoms in total. The second-order valence-electron chi connectivity index (χ2n) is 3.80. The van der Waals surface area contributed by atoms with Crippen molar-refractivity contribution in [2.24, 2.45) is 0 Å². The number of rotatable bonds is 2. The van der Waals surface area contributed by atoms with Gasteiger partial charge in [-0.1, -0.05) is 6.07 Å². The van der Waals surface area contributed by atoms with Crippen molar-refractivity contribution in [1.82, 2.24) is 0 Å². The number of nitrogens with two attached hydrogens (primary N) is 3. The lowest BCUT2D eigenvalue weighted by Gasteiger charge is -2.11. The fourth-order valence-corrected chi connectivity index (χ4v) is 1.72. The van der Waals surface area contributed by atoms with Crippen LogP contribution in [0, 0.1) is 0 Å². The molecule has 0 fully saturated rings. The van der Waals surface area contributed by atoms with Crippen molar-refractivity contribution < 1.29 is 4.74 Å². The van der Waals surface area contributed by atoms with Gasteiger partial charge < -0.3 is 21.9 Å². The normalized spacial score (nSPS) is 10.2. The molecule has 0 spiro atoms. The Labute approximate surface area is 100.0 Å². The SMILES string of the molecule is COc1ccc(N)c(-c2ccc(N)cc2N)c1. The molecule has 0 atom stereocenters. The average molecular weight is 229 g/mol. The van der Waals surface area contributed by atoms with Gasteiger partial charge >= 0.3 is 0 Å². The largest absolute Gasteiger partial charge is 0.497 e. The van der Waals surface area contributed by atoms with E-state index in [-0.39, 0.29) is 0 Å². The van der Waals surface area contributed by atoms with Gasteiger partial charge in [0.15, 0.2) is 0 Å². The van der Waals surface area contributed by atoms with Gasteiger partial charge in [0.05, 0.1) is 7.11 Å². The van der Waals surface area contributed by atoms with E-state index in [0.717, 1.165) is 16.9 Å². The molecule has 2 rings (SSSR count). The van der Waals surface area contributed by atoms with Crippen molar-refractivity contribution >= 4 is 17.1 Å². The molecule has 0 bridgehead atoms. The third kappa shape index (κ3) is 2.10. The van der Waals surface area contributed by atoms with Crippen LogP contribution in [0.2, 0.25) is 0 Å². The molecule has 0 amide bonds. The second kappa shape index (κ2) is 4.25. The molecule has 0 heterocycles. The van der Waals surface area contributed by atoms with Crippen LogP contribution in [-0.4, -0.2) is 7.11 Å². The summed E-state index contributed by atoms with van der Waals surface area (Å²) in [6.45, 7) is 0. The first-order valence-corrected chi connectivity index (χ1v) is 5.20. The van der Waals surface area contributed by atoms with E-state index in [1.54, 1.807) is 25.3 Å². The Balaban J connectivity index is 2.59. The van der Waals surface area contributed by atoms with E-state index < -0.39 is 0 Å². The summed E-state index contributed by atoms with van der Waals surface area (Å²) in [4.78, 5) is 0. The second-order valence-corrected chi connectivity index (χ2v) is 3.80. The Morgan fingerprint density at radius 3 is 2.24 bits per heavy atom. The smallest absolute Gasteiger partial charge is 0.119 e. The van der Waals surface area contributed by atoms with Crippen LogP contribution >= 0.6 is 0 Å². The molecule has 0 saturated carbocycles. The van der Waals surface area contributed by atoms with Crippen molar-refractivity contribution in [2.75, 3.05) is 24.3 Å². The predicted molar refractivity (Wildman–Crippen MR) is 71.7 cm³/mol. The van der Waals surface area contributed by atoms with E-state index in [4.69, 9.17) is 21.9 Å². The van der Waals surface area contributed by atoms with Crippen molar-refractivity contribution in [3.8, 4) is 16.9 Å². The number of hydrogen-bond acceptors (Lipinski definition) is 4. The van der Waals surface area contributed by atoms with E-state index >= 15 is 0 Å². The zero-order valence-corrected chi connectivity index (χ0v) is 9.60. The molecule has 0 aromatic heterocycles. The molecule has 2 aromatic rings. The highest BCUT2D eigenvalue weighted by Crippen LogP contribution is 2.34. The highest BCUT2D eigenvalue weighted by molar-refractivity contribution is 5.86. The fraction of sp³-hybridized carbons (Fsp3) is 0.0769. The minimum absolute atomic E-state index is 0.602. The van der Waals surface area contributed by atoms with Crippen LogP contribution in [0.3, 0.4) is 0 Å². The quantitative estimate of drug-likeness (QED) is 0.688. The molecule has 0 aliphatic rings. The van der Waals surface area contributed by atoms with Crippen LogP contribution in [0.4, 0.5) is 17.1 Å². The Bertz CT molecular complexity index is 552. The van der Waals surface area contributed by atoms with E-state index in [1.165, 1.54) is 0 Å². The van der Waals surface area contributed by atoms with Crippen molar-refractivity contribution in [3.63, 3.8) is 0 Å². The standard InChI is InChI=1S/C13H15N3O/c1-17-9-3-5-12(15)11(7-9)10-4-2-8(14)6-13(10)16/h2-7H,14-16H2,1H3. The molecule has 0 saturated heterocycles. The first kappa shape index (κ1) is 11.1. The first-order valence-electron chi connectivity index (χ1n) is 5.20. The summed E-state index contributed by atoms with van der Waals surface area (Å²) in [7, 11) is 1.61. The molecular formula is C13H15N3O. The third-order valence-corrected chi connectivity index (χ3v) is 2.63. The lowest BCUT2D eigenvalue weighted by atomic mass is 10.0. The Morgan fingerprint density at radius 1 is 0.824 bits per heavy atom. The Morgan fingerprint density at radius 2 is 1.59 bits per heavy atom. The summed E-state index contributed by atoms with van der Waals surface area (Å²) in [6.07, 6.45) is 0. The number of anilines is 3. The van der Waals surface area contributed by atoms with Crippen LogP contribution in [0.25, 0.3) is 11.1 Å². The fourth-order valence-electron chi connectivity index (χ4n) is 1.72. The Hall–Kier alpha value is -2.36. The molecule has 6 N–H and O–H groups in total. The molecule has 0 aliphatic heterocycles. The van der Waals surface area contributed by atoms with Gasteiger partial charge in [-0.05, 0) is 30.3 Å². The first-order chi connectivity index (χ1) is 8.11. The van der Waals surface area contributed by atoms with Gasteiger partial charge in [0.2, 0.25) is 0 Å². The molecule has 88 valence electrons. The maximum atomic E-state index is 5.94. The van der Waals surface area contributed by atoms with E-state index in [1.807, 2.05) is 18.2 Å². The molecule has 0 radical (unpaired) electrons. The average Bonchev–Trinajstić information content (AvgIpc) is 2.30. The van der Waals surface area contributed by atoms with Crippen LogP contribution in [0.5, 0.6) is 5.75 Å². The van der Waals surface area contributed by atoms with Crippen LogP contribution in [0.15, 0.2) is 36.4 Å². The third-order valence-electron chi connectivity index (χ3n) is 2.63. The van der Waals surface area contributed by atoms with Gasteiger partial charge in [0.1, 0.15) is 5.75 Å². The topological polar surface area (TPSA) is 87.3 Å². The van der Waals surface area contributed by atoms with Gasteiger partial charge in [0.25, 0.3) is 0 Å². The molecule has 0 aliphatic carbocycles. The highest BCUT2D eigenvalue weighted by Gasteiger charge is 2.08. The van der Waals surface area contributed by atoms with E-state index in [2.05, 4.69) is 0 Å². The van der Waals surface area contributed by atoms with Crippen molar-refractivity contribution in [3.05, 3.63) is 36.4 Å². The lowest BCUT2D eigenvalue weighted by Crippen LogP contribution is -1.97. The maximum absolute atomic E-state index is 5.94. The van der Waals surface area contributed by atoms with Crippen molar-refractivity contribution in [2.45, 2.75) is 0 Å². The van der Waals surface area contributed by atoms with Crippen LogP contribution in [0.1, 0.15) is 0 Å². The number of hydrogen-bond donors (Lipinski definition) is 3. The highest BCUT2D eigenvalue weighted by atomic mass is 16.5. The molecule has 0 unspecified atom stereocenters. The molecule has 4 heteroatoms. The molecular weight excluding hydrogens is 214 g/mol. The van der Waals surface area contributed by atoms with Gasteiger partial charge in [-0.2, -0.15) is 0 Å². The molecule has 2 aromatic carbocycles. The number of ether oxygens (including phenoxy) is 1. The van der Waals surface area contributed by atoms with E-state index in [9.17, 15) is 0 Å². The number of nitrogen functional groups attached to an aromatic ring is 3. The number of methoxy groups -OCH3 is 1. The Kier molecular flexibility index (Phi) is 2.78. The predicted octanol–water partition coefficient (Wildman–Crippen LogP) is 2.11. The van der Waals surface area contributed by atoms with Crippen molar-refractivity contribution in [1.29, 1.82) is 0 Å². The van der Waals surface area contributed by atoms with Gasteiger partial charge in [-0.25, -0.2) is 0 Å². The summed E-state index contributed by atoms with van der Waals surface area (Å²) in [5.41, 5.74) is 21.1. The summed E-state index contributed by atoms with van der Waals surface area (Å²) in [6, 6.07) is 10.8. The van der Waals surface area contributed by atoms with Gasteiger partial charge in [-0.15, -0.1) is 0 Å². The number of benzene rings is 2. The molecule has 17 heavy (non-hydrogen) atoms. The minimum Gasteiger partial charge on any atom is -0.497 e.